The van der Waals surface area contributed by atoms with Gasteiger partial charge in [0.05, 0.1) is 5.92 Å². The summed E-state index contributed by atoms with van der Waals surface area (Å²) in [5.41, 5.74) is -0.243. The van der Waals surface area contributed by atoms with E-state index in [1.165, 1.54) is 12.3 Å². The fraction of sp³-hybridized carbons (Fsp3) is 0.533. The van der Waals surface area contributed by atoms with E-state index >= 15 is 0 Å². The van der Waals surface area contributed by atoms with Gasteiger partial charge in [-0.05, 0) is 37.8 Å². The lowest BCUT2D eigenvalue weighted by atomic mass is 9.96. The second-order valence-corrected chi connectivity index (χ2v) is 5.79. The Kier molecular flexibility index (Phi) is 3.77. The van der Waals surface area contributed by atoms with E-state index in [-0.39, 0.29) is 28.9 Å². The van der Waals surface area contributed by atoms with Gasteiger partial charge >= 0.3 is 0 Å². The molecule has 0 aromatic carbocycles. The molecule has 1 saturated carbocycles. The lowest BCUT2D eigenvalue weighted by molar-refractivity contribution is -0.126. The molecule has 2 amide bonds. The molecule has 6 nitrogen and oxygen atoms in total. The molecule has 6 heteroatoms. The zero-order chi connectivity index (χ0) is 14.8. The third-order valence-corrected chi connectivity index (χ3v) is 4.05. The first-order valence-electron chi connectivity index (χ1n) is 7.42. The normalized spacial score (nSPS) is 21.9. The van der Waals surface area contributed by atoms with Crippen LogP contribution in [-0.4, -0.2) is 40.8 Å². The standard InChI is InChI=1S/C15H19N3O3/c19-13(17-11-5-6-11)10-3-2-8-18(9-10)15(21)12-4-1-7-16-14(12)20/h1,4,7,10-11H,2-3,5-6,8-9H2,(H,16,20)(H,17,19)/t10-/m1/s1. The summed E-state index contributed by atoms with van der Waals surface area (Å²) in [4.78, 5) is 40.3. The van der Waals surface area contributed by atoms with Crippen LogP contribution in [0.15, 0.2) is 23.1 Å². The molecule has 2 heterocycles. The molecule has 2 aliphatic rings. The number of nitrogens with one attached hydrogen (secondary N) is 2. The minimum atomic E-state index is -0.382. The highest BCUT2D eigenvalue weighted by Crippen LogP contribution is 2.22. The van der Waals surface area contributed by atoms with Crippen LogP contribution in [0.25, 0.3) is 0 Å². The summed E-state index contributed by atoms with van der Waals surface area (Å²) in [6.07, 6.45) is 5.20. The number of aromatic nitrogens is 1. The fourth-order valence-electron chi connectivity index (χ4n) is 2.68. The molecule has 1 aromatic heterocycles. The average Bonchev–Trinajstić information content (AvgIpc) is 3.31. The van der Waals surface area contributed by atoms with Gasteiger partial charge in [-0.1, -0.05) is 0 Å². The van der Waals surface area contributed by atoms with Gasteiger partial charge in [-0.2, -0.15) is 0 Å². The van der Waals surface area contributed by atoms with Gasteiger partial charge in [0.2, 0.25) is 5.91 Å². The monoisotopic (exact) mass is 289 g/mol. The molecule has 112 valence electrons. The van der Waals surface area contributed by atoms with Gasteiger partial charge in [0.1, 0.15) is 5.56 Å². The molecule has 0 radical (unpaired) electrons. The second-order valence-electron chi connectivity index (χ2n) is 5.79. The summed E-state index contributed by atoms with van der Waals surface area (Å²) in [5.74, 6) is -0.413. The second kappa shape index (κ2) is 5.71. The van der Waals surface area contributed by atoms with Crippen LogP contribution in [0.5, 0.6) is 0 Å². The Labute approximate surface area is 122 Å². The maximum absolute atomic E-state index is 12.4. The Morgan fingerprint density at radius 3 is 2.81 bits per heavy atom. The lowest BCUT2D eigenvalue weighted by Crippen LogP contribution is -2.46. The molecule has 2 N–H and O–H groups in total. The predicted octanol–water partition coefficient (Wildman–Crippen LogP) is 0.506. The maximum Gasteiger partial charge on any atom is 0.260 e. The van der Waals surface area contributed by atoms with Crippen molar-refractivity contribution in [2.24, 2.45) is 5.92 Å². The van der Waals surface area contributed by atoms with Crippen molar-refractivity contribution in [2.75, 3.05) is 13.1 Å². The van der Waals surface area contributed by atoms with Crippen LogP contribution in [0, 0.1) is 5.92 Å². The largest absolute Gasteiger partial charge is 0.353 e. The Bertz CT molecular complexity index is 606. The fourth-order valence-corrected chi connectivity index (χ4v) is 2.68. The number of hydrogen-bond acceptors (Lipinski definition) is 3. The molecule has 0 spiro atoms. The molecule has 1 atom stereocenters. The number of piperidine rings is 1. The predicted molar refractivity (Wildman–Crippen MR) is 76.9 cm³/mol. The topological polar surface area (TPSA) is 82.3 Å². The first-order valence-corrected chi connectivity index (χ1v) is 7.42. The number of H-pyrrole nitrogens is 1. The van der Waals surface area contributed by atoms with E-state index in [4.69, 9.17) is 0 Å². The van der Waals surface area contributed by atoms with E-state index in [9.17, 15) is 14.4 Å². The van der Waals surface area contributed by atoms with E-state index in [1.54, 1.807) is 11.0 Å². The number of rotatable bonds is 3. The first-order chi connectivity index (χ1) is 10.1. The number of carbonyl (C=O) groups is 2. The summed E-state index contributed by atoms with van der Waals surface area (Å²) >= 11 is 0. The van der Waals surface area contributed by atoms with Crippen LogP contribution in [-0.2, 0) is 4.79 Å². The molecular formula is C15H19N3O3. The van der Waals surface area contributed by atoms with Crippen molar-refractivity contribution < 1.29 is 9.59 Å². The molecule has 1 aliphatic heterocycles. The van der Waals surface area contributed by atoms with Gasteiger partial charge in [0, 0.05) is 25.3 Å². The minimum absolute atomic E-state index is 0.0389. The van der Waals surface area contributed by atoms with E-state index in [2.05, 4.69) is 10.3 Å². The Hall–Kier alpha value is -2.11. The van der Waals surface area contributed by atoms with Crippen LogP contribution >= 0.6 is 0 Å². The first kappa shape index (κ1) is 13.9. The van der Waals surface area contributed by atoms with Crippen LogP contribution in [0.4, 0.5) is 0 Å². The molecule has 0 unspecified atom stereocenters. The summed E-state index contributed by atoms with van der Waals surface area (Å²) < 4.78 is 0. The number of nitrogens with zero attached hydrogens (tertiary/aromatic N) is 1. The van der Waals surface area contributed by atoms with E-state index in [0.717, 1.165) is 25.7 Å². The molecule has 1 aliphatic carbocycles. The zero-order valence-corrected chi connectivity index (χ0v) is 11.8. The van der Waals surface area contributed by atoms with Crippen LogP contribution in [0.2, 0.25) is 0 Å². The summed E-state index contributed by atoms with van der Waals surface area (Å²) in [7, 11) is 0. The van der Waals surface area contributed by atoms with Crippen molar-refractivity contribution in [3.05, 3.63) is 34.2 Å². The van der Waals surface area contributed by atoms with Crippen molar-refractivity contribution in [2.45, 2.75) is 31.7 Å². The Morgan fingerprint density at radius 2 is 2.10 bits per heavy atom. The molecule has 3 rings (SSSR count). The highest BCUT2D eigenvalue weighted by molar-refractivity contribution is 5.94. The van der Waals surface area contributed by atoms with Gasteiger partial charge in [0.15, 0.2) is 0 Å². The minimum Gasteiger partial charge on any atom is -0.353 e. The third kappa shape index (κ3) is 3.15. The van der Waals surface area contributed by atoms with Crippen LogP contribution < -0.4 is 10.9 Å². The zero-order valence-electron chi connectivity index (χ0n) is 11.8. The highest BCUT2D eigenvalue weighted by Gasteiger charge is 2.32. The van der Waals surface area contributed by atoms with Crippen LogP contribution in [0.1, 0.15) is 36.0 Å². The molecule has 1 aromatic rings. The summed E-state index contributed by atoms with van der Waals surface area (Å²) in [6.45, 7) is 0.992. The average molecular weight is 289 g/mol. The summed E-state index contributed by atoms with van der Waals surface area (Å²) in [6, 6.07) is 3.49. The number of amides is 2. The lowest BCUT2D eigenvalue weighted by Gasteiger charge is -2.32. The van der Waals surface area contributed by atoms with Crippen molar-refractivity contribution in [1.29, 1.82) is 0 Å². The molecular weight excluding hydrogens is 270 g/mol. The van der Waals surface area contributed by atoms with Gasteiger partial charge in [-0.25, -0.2) is 0 Å². The van der Waals surface area contributed by atoms with Crippen molar-refractivity contribution >= 4 is 11.8 Å². The van der Waals surface area contributed by atoms with E-state index in [1.807, 2.05) is 0 Å². The Morgan fingerprint density at radius 1 is 1.29 bits per heavy atom. The van der Waals surface area contributed by atoms with Crippen molar-refractivity contribution in [3.8, 4) is 0 Å². The van der Waals surface area contributed by atoms with Gasteiger partial charge in [0.25, 0.3) is 11.5 Å². The summed E-state index contributed by atoms with van der Waals surface area (Å²) in [5, 5.41) is 2.99. The number of pyridine rings is 1. The third-order valence-electron chi connectivity index (χ3n) is 4.05. The number of carbonyl (C=O) groups excluding carboxylic acids is 2. The smallest absolute Gasteiger partial charge is 0.260 e. The van der Waals surface area contributed by atoms with E-state index < -0.39 is 0 Å². The number of hydrogen-bond donors (Lipinski definition) is 2. The molecule has 0 bridgehead atoms. The number of likely N-dealkylation sites (tertiary alicyclic amines) is 1. The van der Waals surface area contributed by atoms with Crippen LogP contribution in [0.3, 0.4) is 0 Å². The quantitative estimate of drug-likeness (QED) is 0.850. The number of aromatic amines is 1. The van der Waals surface area contributed by atoms with E-state index in [0.29, 0.717) is 19.1 Å². The van der Waals surface area contributed by atoms with Gasteiger partial charge in [-0.15, -0.1) is 0 Å². The highest BCUT2D eigenvalue weighted by atomic mass is 16.2. The van der Waals surface area contributed by atoms with Gasteiger partial charge in [-0.3, -0.25) is 14.4 Å². The molecule has 21 heavy (non-hydrogen) atoms. The molecule has 2 fully saturated rings. The van der Waals surface area contributed by atoms with Gasteiger partial charge < -0.3 is 15.2 Å². The maximum atomic E-state index is 12.4. The van der Waals surface area contributed by atoms with Crippen molar-refractivity contribution in [3.63, 3.8) is 0 Å². The Balaban J connectivity index is 1.67. The molecule has 1 saturated heterocycles. The SMILES string of the molecule is O=C(NC1CC1)[C@@H]1CCCN(C(=O)c2ccc[nH]c2=O)C1. The van der Waals surface area contributed by atoms with Crippen molar-refractivity contribution in [1.82, 2.24) is 15.2 Å².